The number of alkyl halides is 3. The zero-order valence-electron chi connectivity index (χ0n) is 14.2. The summed E-state index contributed by atoms with van der Waals surface area (Å²) in [5.41, 5.74) is -1.91. The Bertz CT molecular complexity index is 847. The van der Waals surface area contributed by atoms with Crippen molar-refractivity contribution in [2.45, 2.75) is 43.1 Å². The molecule has 0 aliphatic rings. The predicted octanol–water partition coefficient (Wildman–Crippen LogP) is 6.35. The van der Waals surface area contributed by atoms with Gasteiger partial charge >= 0.3 is 6.18 Å². The first-order valence-electron chi connectivity index (χ1n) is 7.53. The number of aromatic nitrogens is 1. The van der Waals surface area contributed by atoms with E-state index < -0.39 is 28.5 Å². The first-order valence-corrected chi connectivity index (χ1v) is 8.90. The molecule has 1 aromatic heterocycles. The van der Waals surface area contributed by atoms with Crippen LogP contribution in [0.4, 0.5) is 17.6 Å². The minimum atomic E-state index is -4.70. The number of halogens is 5. The summed E-state index contributed by atoms with van der Waals surface area (Å²) < 4.78 is 54.1. The predicted molar refractivity (Wildman–Crippen MR) is 93.6 cm³/mol. The maximum absolute atomic E-state index is 13.9. The highest BCUT2D eigenvalue weighted by molar-refractivity contribution is 7.98. The van der Waals surface area contributed by atoms with E-state index in [2.05, 4.69) is 4.98 Å². The van der Waals surface area contributed by atoms with Crippen LogP contribution in [-0.4, -0.2) is 4.98 Å². The van der Waals surface area contributed by atoms with Crippen molar-refractivity contribution in [1.82, 2.24) is 4.98 Å². The fourth-order valence-corrected chi connectivity index (χ4v) is 3.50. The van der Waals surface area contributed by atoms with Gasteiger partial charge in [-0.05, 0) is 18.2 Å². The Morgan fingerprint density at radius 3 is 2.38 bits per heavy atom. The van der Waals surface area contributed by atoms with Gasteiger partial charge in [0.25, 0.3) is 0 Å². The fourth-order valence-electron chi connectivity index (χ4n) is 2.15. The maximum atomic E-state index is 13.9. The summed E-state index contributed by atoms with van der Waals surface area (Å²) in [6.07, 6.45) is -4.70. The van der Waals surface area contributed by atoms with Crippen LogP contribution in [-0.2, 0) is 17.3 Å². The average molecular weight is 403 g/mol. The van der Waals surface area contributed by atoms with Crippen molar-refractivity contribution in [3.63, 3.8) is 0 Å². The number of hydrogen-bond acceptors (Lipinski definition) is 3. The van der Waals surface area contributed by atoms with Gasteiger partial charge in [-0.2, -0.15) is 18.4 Å². The molecule has 0 amide bonds. The number of rotatable bonds is 3. The van der Waals surface area contributed by atoms with E-state index in [1.54, 1.807) is 26.8 Å². The van der Waals surface area contributed by atoms with Crippen molar-refractivity contribution in [2.24, 2.45) is 0 Å². The SMILES string of the molecule is CC(C)(C)c1cc(C(F)(F)F)c(C#N)c(SCc2c(F)cccc2Cl)n1. The second-order valence-electron chi connectivity index (χ2n) is 6.58. The van der Waals surface area contributed by atoms with Crippen LogP contribution in [0.5, 0.6) is 0 Å². The number of benzene rings is 1. The summed E-state index contributed by atoms with van der Waals surface area (Å²) in [6.45, 7) is 5.18. The standard InChI is InChI=1S/C18H15ClF4N2S/c1-17(2,3)15-7-12(18(21,22)23)10(8-24)16(25-15)26-9-11-13(19)5-4-6-14(11)20/h4-7H,9H2,1-3H3. The Labute approximate surface area is 158 Å². The molecule has 0 N–H and O–H groups in total. The third-order valence-corrected chi connectivity index (χ3v) is 4.94. The van der Waals surface area contributed by atoms with Crippen molar-refractivity contribution in [3.8, 4) is 6.07 Å². The van der Waals surface area contributed by atoms with Gasteiger partial charge in [0.05, 0.1) is 11.1 Å². The molecule has 2 nitrogen and oxygen atoms in total. The number of thioether (sulfide) groups is 1. The molecule has 1 aromatic carbocycles. The van der Waals surface area contributed by atoms with Crippen molar-refractivity contribution >= 4 is 23.4 Å². The molecule has 26 heavy (non-hydrogen) atoms. The van der Waals surface area contributed by atoms with E-state index in [4.69, 9.17) is 11.6 Å². The van der Waals surface area contributed by atoms with Crippen LogP contribution in [0.25, 0.3) is 0 Å². The second-order valence-corrected chi connectivity index (χ2v) is 7.95. The van der Waals surface area contributed by atoms with Crippen LogP contribution in [0.1, 0.15) is 43.2 Å². The molecule has 0 saturated carbocycles. The Morgan fingerprint density at radius 1 is 1.23 bits per heavy atom. The highest BCUT2D eigenvalue weighted by Gasteiger charge is 2.37. The van der Waals surface area contributed by atoms with E-state index >= 15 is 0 Å². The molecule has 1 heterocycles. The van der Waals surface area contributed by atoms with E-state index in [-0.39, 0.29) is 27.1 Å². The van der Waals surface area contributed by atoms with Crippen LogP contribution < -0.4 is 0 Å². The monoisotopic (exact) mass is 402 g/mol. The Morgan fingerprint density at radius 2 is 1.88 bits per heavy atom. The molecule has 0 atom stereocenters. The summed E-state index contributed by atoms with van der Waals surface area (Å²) in [4.78, 5) is 4.24. The lowest BCUT2D eigenvalue weighted by Crippen LogP contribution is -2.18. The summed E-state index contributed by atoms with van der Waals surface area (Å²) in [7, 11) is 0. The van der Waals surface area contributed by atoms with Gasteiger partial charge < -0.3 is 0 Å². The molecular formula is C18H15ClF4N2S. The van der Waals surface area contributed by atoms with Crippen molar-refractivity contribution in [2.75, 3.05) is 0 Å². The summed E-state index contributed by atoms with van der Waals surface area (Å²) >= 11 is 6.81. The first-order chi connectivity index (χ1) is 11.9. The van der Waals surface area contributed by atoms with Gasteiger partial charge in [-0.3, -0.25) is 0 Å². The molecule has 0 saturated heterocycles. The lowest BCUT2D eigenvalue weighted by molar-refractivity contribution is -0.138. The van der Waals surface area contributed by atoms with Crippen molar-refractivity contribution in [3.05, 3.63) is 57.5 Å². The lowest BCUT2D eigenvalue weighted by atomic mass is 9.90. The number of nitriles is 1. The molecule has 0 aliphatic carbocycles. The molecular weight excluding hydrogens is 388 g/mol. The van der Waals surface area contributed by atoms with Gasteiger partial charge in [-0.1, -0.05) is 38.4 Å². The van der Waals surface area contributed by atoms with Crippen LogP contribution in [0.3, 0.4) is 0 Å². The average Bonchev–Trinajstić information content (AvgIpc) is 2.51. The molecule has 0 unspecified atom stereocenters. The third-order valence-electron chi connectivity index (χ3n) is 3.59. The summed E-state index contributed by atoms with van der Waals surface area (Å²) in [5, 5.41) is 9.33. The number of pyridine rings is 1. The Kier molecular flexibility index (Phi) is 5.89. The molecule has 0 fully saturated rings. The smallest absolute Gasteiger partial charge is 0.245 e. The van der Waals surface area contributed by atoms with Crippen LogP contribution in [0.2, 0.25) is 5.02 Å². The highest BCUT2D eigenvalue weighted by Crippen LogP contribution is 2.39. The van der Waals surface area contributed by atoms with Gasteiger partial charge in [-0.15, -0.1) is 11.8 Å². The normalized spacial score (nSPS) is 12.1. The van der Waals surface area contributed by atoms with E-state index in [1.807, 2.05) is 0 Å². The van der Waals surface area contributed by atoms with Gasteiger partial charge in [-0.25, -0.2) is 9.37 Å². The topological polar surface area (TPSA) is 36.7 Å². The minimum Gasteiger partial charge on any atom is -0.245 e. The molecule has 0 bridgehead atoms. The van der Waals surface area contributed by atoms with E-state index in [0.29, 0.717) is 0 Å². The van der Waals surface area contributed by atoms with Gasteiger partial charge in [0.15, 0.2) is 0 Å². The molecule has 2 aromatic rings. The minimum absolute atomic E-state index is 0.0436. The summed E-state index contributed by atoms with van der Waals surface area (Å²) in [6, 6.07) is 6.63. The van der Waals surface area contributed by atoms with Crippen LogP contribution in [0.15, 0.2) is 29.3 Å². The lowest BCUT2D eigenvalue weighted by Gasteiger charge is -2.21. The van der Waals surface area contributed by atoms with Crippen LogP contribution in [0, 0.1) is 17.1 Å². The van der Waals surface area contributed by atoms with Crippen LogP contribution >= 0.6 is 23.4 Å². The highest BCUT2D eigenvalue weighted by atomic mass is 35.5. The maximum Gasteiger partial charge on any atom is 0.417 e. The van der Waals surface area contributed by atoms with E-state index in [0.717, 1.165) is 17.8 Å². The number of nitrogens with zero attached hydrogens (tertiary/aromatic N) is 2. The quantitative estimate of drug-likeness (QED) is 0.443. The van der Waals surface area contributed by atoms with Crippen molar-refractivity contribution in [1.29, 1.82) is 5.26 Å². The fraction of sp³-hybridized carbons (Fsp3) is 0.333. The molecule has 0 radical (unpaired) electrons. The molecule has 0 aliphatic heterocycles. The Hall–Kier alpha value is -1.78. The van der Waals surface area contributed by atoms with Gasteiger partial charge in [0, 0.05) is 27.4 Å². The molecule has 2 rings (SSSR count). The number of hydrogen-bond donors (Lipinski definition) is 0. The second kappa shape index (κ2) is 7.45. The zero-order valence-corrected chi connectivity index (χ0v) is 15.8. The van der Waals surface area contributed by atoms with Crippen molar-refractivity contribution < 1.29 is 17.6 Å². The first kappa shape index (κ1) is 20.5. The largest absolute Gasteiger partial charge is 0.417 e. The van der Waals surface area contributed by atoms with E-state index in [1.165, 1.54) is 18.2 Å². The van der Waals surface area contributed by atoms with Gasteiger partial charge in [0.1, 0.15) is 16.9 Å². The summed E-state index contributed by atoms with van der Waals surface area (Å²) in [5.74, 6) is -0.607. The third kappa shape index (κ3) is 4.49. The van der Waals surface area contributed by atoms with Gasteiger partial charge in [0.2, 0.25) is 0 Å². The molecule has 138 valence electrons. The zero-order chi connectivity index (χ0) is 19.7. The molecule has 8 heteroatoms. The Balaban J connectivity index is 2.55. The molecule has 0 spiro atoms. The van der Waals surface area contributed by atoms with E-state index in [9.17, 15) is 22.8 Å².